The van der Waals surface area contributed by atoms with E-state index < -0.39 is 5.97 Å². The number of nitrogens with zero attached hydrogens (tertiary/aromatic N) is 4. The van der Waals surface area contributed by atoms with Gasteiger partial charge in [0, 0.05) is 6.20 Å². The summed E-state index contributed by atoms with van der Waals surface area (Å²) in [7, 11) is 0. The molecule has 2 aromatic heterocycles. The van der Waals surface area contributed by atoms with Crippen molar-refractivity contribution in [2.24, 2.45) is 0 Å². The molecule has 2 heterocycles. The van der Waals surface area contributed by atoms with Gasteiger partial charge in [-0.05, 0) is 6.92 Å². The minimum atomic E-state index is -0.452. The van der Waals surface area contributed by atoms with Gasteiger partial charge in [0.25, 0.3) is 5.95 Å². The molecular formula is C8H9N5O2. The Labute approximate surface area is 85.1 Å². The molecule has 0 fully saturated rings. The predicted octanol–water partition coefficient (Wildman–Crippen LogP) is 0.167. The third-order valence-corrected chi connectivity index (χ3v) is 1.70. The number of hydrogen-bond acceptors (Lipinski definition) is 5. The lowest BCUT2D eigenvalue weighted by atomic mass is 10.5. The fraction of sp³-hybridized carbons (Fsp3) is 0.250. The van der Waals surface area contributed by atoms with Gasteiger partial charge < -0.3 is 4.74 Å². The van der Waals surface area contributed by atoms with E-state index in [4.69, 9.17) is 4.74 Å². The molecule has 0 aromatic carbocycles. The number of carbonyl (C=O) groups excluding carboxylic acids is 1. The lowest BCUT2D eigenvalue weighted by Crippen LogP contribution is -2.04. The molecular weight excluding hydrogens is 198 g/mol. The lowest BCUT2D eigenvalue weighted by Gasteiger charge is -1.95. The molecule has 0 saturated heterocycles. The van der Waals surface area contributed by atoms with E-state index in [1.165, 1.54) is 23.4 Å². The van der Waals surface area contributed by atoms with Gasteiger partial charge in [0.2, 0.25) is 0 Å². The number of carbonyl (C=O) groups is 1. The van der Waals surface area contributed by atoms with Crippen molar-refractivity contribution in [3.63, 3.8) is 0 Å². The van der Waals surface area contributed by atoms with Gasteiger partial charge in [-0.3, -0.25) is 9.67 Å². The first-order chi connectivity index (χ1) is 7.31. The largest absolute Gasteiger partial charge is 0.461 e. The second kappa shape index (κ2) is 3.91. The van der Waals surface area contributed by atoms with E-state index >= 15 is 0 Å². The molecule has 2 rings (SSSR count). The molecule has 2 aromatic rings. The molecule has 0 aliphatic carbocycles. The Morgan fingerprint density at radius 3 is 3.13 bits per heavy atom. The molecule has 1 N–H and O–H groups in total. The van der Waals surface area contributed by atoms with Crippen molar-refractivity contribution >= 4 is 5.97 Å². The zero-order chi connectivity index (χ0) is 10.7. The van der Waals surface area contributed by atoms with Crippen molar-refractivity contribution in [2.75, 3.05) is 6.61 Å². The van der Waals surface area contributed by atoms with Crippen LogP contribution in [0.4, 0.5) is 0 Å². The minimum absolute atomic E-state index is 0.238. The number of hydrogen-bond donors (Lipinski definition) is 1. The second-order valence-electron chi connectivity index (χ2n) is 2.69. The summed E-state index contributed by atoms with van der Waals surface area (Å²) < 4.78 is 6.33. The van der Waals surface area contributed by atoms with E-state index in [1.54, 1.807) is 6.92 Å². The molecule has 7 nitrogen and oxygen atoms in total. The zero-order valence-corrected chi connectivity index (χ0v) is 8.04. The van der Waals surface area contributed by atoms with Crippen LogP contribution in [0.2, 0.25) is 0 Å². The van der Waals surface area contributed by atoms with Gasteiger partial charge in [0.15, 0.2) is 5.69 Å². The third kappa shape index (κ3) is 1.85. The Kier molecular flexibility index (Phi) is 2.44. The van der Waals surface area contributed by atoms with E-state index in [9.17, 15) is 4.79 Å². The van der Waals surface area contributed by atoms with Crippen LogP contribution in [0, 0.1) is 0 Å². The van der Waals surface area contributed by atoms with Crippen LogP contribution >= 0.6 is 0 Å². The van der Waals surface area contributed by atoms with Gasteiger partial charge in [0.05, 0.1) is 6.61 Å². The first-order valence-electron chi connectivity index (χ1n) is 4.38. The van der Waals surface area contributed by atoms with E-state index in [1.807, 2.05) is 0 Å². The van der Waals surface area contributed by atoms with Crippen LogP contribution in [0.3, 0.4) is 0 Å². The molecule has 0 bridgehead atoms. The van der Waals surface area contributed by atoms with Crippen molar-refractivity contribution < 1.29 is 9.53 Å². The van der Waals surface area contributed by atoms with Crippen LogP contribution in [0.5, 0.6) is 0 Å². The number of rotatable bonds is 3. The predicted molar refractivity (Wildman–Crippen MR) is 49.5 cm³/mol. The van der Waals surface area contributed by atoms with Crippen LogP contribution in [-0.2, 0) is 4.74 Å². The molecule has 0 spiro atoms. The van der Waals surface area contributed by atoms with Crippen LogP contribution in [0.1, 0.15) is 17.4 Å². The number of aromatic amines is 1. The monoisotopic (exact) mass is 207 g/mol. The van der Waals surface area contributed by atoms with Crippen LogP contribution in [0.15, 0.2) is 18.9 Å². The first-order valence-corrected chi connectivity index (χ1v) is 4.38. The normalized spacial score (nSPS) is 10.2. The maximum absolute atomic E-state index is 11.3. The number of nitrogens with one attached hydrogen (secondary N) is 1. The van der Waals surface area contributed by atoms with E-state index in [2.05, 4.69) is 20.2 Å². The fourth-order valence-corrected chi connectivity index (χ4v) is 1.07. The summed E-state index contributed by atoms with van der Waals surface area (Å²) in [6, 6.07) is 0. The van der Waals surface area contributed by atoms with Crippen molar-refractivity contribution in [3.05, 3.63) is 24.5 Å². The van der Waals surface area contributed by atoms with Crippen LogP contribution in [0.25, 0.3) is 5.95 Å². The highest BCUT2D eigenvalue weighted by molar-refractivity contribution is 5.86. The lowest BCUT2D eigenvalue weighted by molar-refractivity contribution is 0.0520. The average molecular weight is 207 g/mol. The molecule has 7 heteroatoms. The van der Waals surface area contributed by atoms with Crippen molar-refractivity contribution in [1.29, 1.82) is 0 Å². The van der Waals surface area contributed by atoms with Gasteiger partial charge >= 0.3 is 5.97 Å². The van der Waals surface area contributed by atoms with E-state index in [-0.39, 0.29) is 5.69 Å². The third-order valence-electron chi connectivity index (χ3n) is 1.70. The van der Waals surface area contributed by atoms with E-state index in [0.29, 0.717) is 12.6 Å². The summed E-state index contributed by atoms with van der Waals surface area (Å²) in [6.07, 6.45) is 4.41. The highest BCUT2D eigenvalue weighted by Gasteiger charge is 2.11. The molecule has 0 saturated carbocycles. The summed E-state index contributed by atoms with van der Waals surface area (Å²) in [5, 5.41) is 6.41. The number of aromatic nitrogens is 5. The van der Waals surface area contributed by atoms with Gasteiger partial charge in [-0.2, -0.15) is 0 Å². The topological polar surface area (TPSA) is 85.7 Å². The molecule has 0 aliphatic heterocycles. The standard InChI is InChI=1S/C8H9N5O2/c1-2-15-7(14)6-3-13(5-10-6)8-9-4-11-12-8/h3-5H,2H2,1H3,(H,9,11,12). The molecule has 0 radical (unpaired) electrons. The van der Waals surface area contributed by atoms with Crippen LogP contribution in [-0.4, -0.2) is 37.3 Å². The maximum Gasteiger partial charge on any atom is 0.358 e. The summed E-state index contributed by atoms with van der Waals surface area (Å²) in [4.78, 5) is 19.1. The summed E-state index contributed by atoms with van der Waals surface area (Å²) in [6.45, 7) is 2.07. The minimum Gasteiger partial charge on any atom is -0.461 e. The highest BCUT2D eigenvalue weighted by Crippen LogP contribution is 2.03. The highest BCUT2D eigenvalue weighted by atomic mass is 16.5. The summed E-state index contributed by atoms with van der Waals surface area (Å²) in [5.74, 6) is -0.0233. The van der Waals surface area contributed by atoms with Gasteiger partial charge in [-0.15, -0.1) is 5.10 Å². The quantitative estimate of drug-likeness (QED) is 0.725. The summed E-state index contributed by atoms with van der Waals surface area (Å²) in [5.41, 5.74) is 0.238. The van der Waals surface area contributed by atoms with Gasteiger partial charge in [0.1, 0.15) is 12.7 Å². The summed E-state index contributed by atoms with van der Waals surface area (Å²) >= 11 is 0. The number of esters is 1. The fourth-order valence-electron chi connectivity index (χ4n) is 1.07. The smallest absolute Gasteiger partial charge is 0.358 e. The number of H-pyrrole nitrogens is 1. The second-order valence-corrected chi connectivity index (χ2v) is 2.69. The SMILES string of the molecule is CCOC(=O)c1cn(-c2nc[nH]n2)cn1. The average Bonchev–Trinajstić information content (AvgIpc) is 2.89. The van der Waals surface area contributed by atoms with Crippen molar-refractivity contribution in [3.8, 4) is 5.95 Å². The van der Waals surface area contributed by atoms with Crippen LogP contribution < -0.4 is 0 Å². The van der Waals surface area contributed by atoms with E-state index in [0.717, 1.165) is 0 Å². The first kappa shape index (κ1) is 9.38. The molecule has 0 atom stereocenters. The van der Waals surface area contributed by atoms with Crippen molar-refractivity contribution in [2.45, 2.75) is 6.92 Å². The Balaban J connectivity index is 2.21. The molecule has 78 valence electrons. The molecule has 15 heavy (non-hydrogen) atoms. The Morgan fingerprint density at radius 2 is 2.47 bits per heavy atom. The Bertz CT molecular complexity index is 447. The molecule has 0 amide bonds. The van der Waals surface area contributed by atoms with Gasteiger partial charge in [-0.1, -0.05) is 0 Å². The molecule has 0 aliphatic rings. The maximum atomic E-state index is 11.3. The number of ether oxygens (including phenoxy) is 1. The van der Waals surface area contributed by atoms with Gasteiger partial charge in [-0.25, -0.2) is 14.8 Å². The zero-order valence-electron chi connectivity index (χ0n) is 8.04. The Hall–Kier alpha value is -2.18. The van der Waals surface area contributed by atoms with Crippen molar-refractivity contribution in [1.82, 2.24) is 24.7 Å². The number of imidazole rings is 1. The Morgan fingerprint density at radius 1 is 1.60 bits per heavy atom. The molecule has 0 unspecified atom stereocenters.